The van der Waals surface area contributed by atoms with E-state index >= 15 is 17.6 Å². The van der Waals surface area contributed by atoms with Crippen LogP contribution in [0.15, 0.2) is 77.4 Å². The quantitative estimate of drug-likeness (QED) is 0.120. The summed E-state index contributed by atoms with van der Waals surface area (Å²) in [6.07, 6.45) is 0. The summed E-state index contributed by atoms with van der Waals surface area (Å²) in [5, 5.41) is -0.980. The smallest absolute Gasteiger partial charge is 0.250 e. The van der Waals surface area contributed by atoms with Gasteiger partial charge >= 0.3 is 17.8 Å². The summed E-state index contributed by atoms with van der Waals surface area (Å²) in [6, 6.07) is 19.5. The van der Waals surface area contributed by atoms with Gasteiger partial charge in [-0.25, -0.2) is 4.98 Å². The van der Waals surface area contributed by atoms with Gasteiger partial charge in [-0.05, 0) is 46.1 Å². The molecule has 5 aromatic rings. The van der Waals surface area contributed by atoms with Gasteiger partial charge in [-0.15, -0.1) is 0 Å². The Morgan fingerprint density at radius 2 is 1.05 bits per heavy atom. The minimum absolute atomic E-state index is 0.153. The molecule has 1 aliphatic carbocycles. The number of pyridine rings is 2. The monoisotopic (exact) mass is 572 g/mol. The third kappa shape index (κ3) is 3.13. The van der Waals surface area contributed by atoms with Gasteiger partial charge in [0.1, 0.15) is 4.60 Å². The Balaban J connectivity index is 1.83. The van der Waals surface area contributed by atoms with E-state index in [1.807, 2.05) is 0 Å². The molecule has 2 nitrogen and oxygen atoms in total. The van der Waals surface area contributed by atoms with E-state index in [2.05, 4.69) is 25.9 Å². The molecule has 0 bridgehead atoms. The molecule has 0 amide bonds. The standard InChI is InChI=1S/C28H15BrF6N2/c1-14-17(15-8-4-2-5-9-15)12-19-21-22(27(32,33)28(34,35)26(21,30)31)20-13-18(16-10-6-3-7-11-16)25(29)37-24(20)23(19)36-14/h2-13H,1H3. The molecule has 0 radical (unpaired) electrons. The zero-order chi connectivity index (χ0) is 26.3. The average Bonchev–Trinajstić information content (AvgIpc) is 2.98. The second kappa shape index (κ2) is 7.77. The first-order valence-corrected chi connectivity index (χ1v) is 12.0. The van der Waals surface area contributed by atoms with Crippen LogP contribution in [0.5, 0.6) is 0 Å². The van der Waals surface area contributed by atoms with Crippen LogP contribution in [0.3, 0.4) is 0 Å². The Morgan fingerprint density at radius 3 is 1.57 bits per heavy atom. The van der Waals surface area contributed by atoms with E-state index in [0.717, 1.165) is 0 Å². The molecule has 0 unspecified atom stereocenters. The Labute approximate surface area is 215 Å². The molecule has 2 heterocycles. The lowest BCUT2D eigenvalue weighted by Crippen LogP contribution is -2.43. The molecular weight excluding hydrogens is 558 g/mol. The van der Waals surface area contributed by atoms with Gasteiger partial charge in [-0.3, -0.25) is 4.98 Å². The fraction of sp³-hybridized carbons (Fsp3) is 0.143. The molecule has 0 fully saturated rings. The van der Waals surface area contributed by atoms with E-state index in [1.165, 1.54) is 12.1 Å². The summed E-state index contributed by atoms with van der Waals surface area (Å²) in [6.45, 7) is 1.63. The summed E-state index contributed by atoms with van der Waals surface area (Å²) in [4.78, 5) is 8.85. The van der Waals surface area contributed by atoms with Crippen molar-refractivity contribution in [3.63, 3.8) is 0 Å². The number of nitrogens with zero attached hydrogens (tertiary/aromatic N) is 2. The van der Waals surface area contributed by atoms with Crippen LogP contribution in [-0.2, 0) is 11.8 Å². The van der Waals surface area contributed by atoms with Gasteiger partial charge in [0.05, 0.1) is 11.0 Å². The average molecular weight is 573 g/mol. The molecule has 0 saturated heterocycles. The van der Waals surface area contributed by atoms with Crippen LogP contribution >= 0.6 is 15.9 Å². The maximum Gasteiger partial charge on any atom is 0.380 e. The molecule has 9 heteroatoms. The molecule has 186 valence electrons. The first kappa shape index (κ1) is 23.9. The minimum atomic E-state index is -5.65. The first-order chi connectivity index (χ1) is 17.5. The number of fused-ring (bicyclic) bond motifs is 6. The second-order valence-electron chi connectivity index (χ2n) is 8.95. The highest BCUT2D eigenvalue weighted by atomic mass is 79.9. The second-order valence-corrected chi connectivity index (χ2v) is 9.70. The van der Waals surface area contributed by atoms with Crippen molar-refractivity contribution < 1.29 is 26.3 Å². The maximum atomic E-state index is 15.3. The van der Waals surface area contributed by atoms with E-state index in [4.69, 9.17) is 0 Å². The molecule has 0 aliphatic heterocycles. The molecule has 0 N–H and O–H groups in total. The van der Waals surface area contributed by atoms with E-state index < -0.39 is 39.7 Å². The Kier molecular flexibility index (Phi) is 5.02. The lowest BCUT2D eigenvalue weighted by molar-refractivity contribution is -0.301. The van der Waals surface area contributed by atoms with E-state index in [0.29, 0.717) is 27.9 Å². The van der Waals surface area contributed by atoms with Crippen molar-refractivity contribution in [3.05, 3.63) is 94.2 Å². The lowest BCUT2D eigenvalue weighted by atomic mass is 9.92. The molecule has 1 aliphatic rings. The molecule has 3 aromatic carbocycles. The van der Waals surface area contributed by atoms with Crippen molar-refractivity contribution in [2.75, 3.05) is 0 Å². The predicted molar refractivity (Wildman–Crippen MR) is 133 cm³/mol. The van der Waals surface area contributed by atoms with Crippen LogP contribution in [-0.4, -0.2) is 15.9 Å². The van der Waals surface area contributed by atoms with Gasteiger partial charge in [-0.2, -0.15) is 26.3 Å². The van der Waals surface area contributed by atoms with Crippen LogP contribution in [0.4, 0.5) is 26.3 Å². The largest absolute Gasteiger partial charge is 0.380 e. The molecule has 0 saturated carbocycles. The summed E-state index contributed by atoms with van der Waals surface area (Å²) in [5.41, 5.74) is -0.978. The van der Waals surface area contributed by atoms with Gasteiger partial charge in [0.25, 0.3) is 0 Å². The highest BCUT2D eigenvalue weighted by molar-refractivity contribution is 9.10. The highest BCUT2D eigenvalue weighted by Crippen LogP contribution is 2.66. The number of rotatable bonds is 2. The predicted octanol–water partition coefficient (Wildman–Crippen LogP) is 9.02. The maximum absolute atomic E-state index is 15.3. The van der Waals surface area contributed by atoms with Gasteiger partial charge in [0.2, 0.25) is 0 Å². The summed E-state index contributed by atoms with van der Waals surface area (Å²) < 4.78 is 91.1. The van der Waals surface area contributed by atoms with Crippen molar-refractivity contribution in [2.45, 2.75) is 24.7 Å². The highest BCUT2D eigenvalue weighted by Gasteiger charge is 2.80. The van der Waals surface area contributed by atoms with E-state index in [9.17, 15) is 8.78 Å². The number of hydrogen-bond acceptors (Lipinski definition) is 2. The van der Waals surface area contributed by atoms with Crippen LogP contribution in [0.2, 0.25) is 0 Å². The van der Waals surface area contributed by atoms with Crippen molar-refractivity contribution in [1.82, 2.24) is 9.97 Å². The number of aryl methyl sites for hydroxylation is 1. The van der Waals surface area contributed by atoms with Gasteiger partial charge in [0.15, 0.2) is 0 Å². The van der Waals surface area contributed by atoms with Crippen LogP contribution in [0, 0.1) is 6.92 Å². The zero-order valence-corrected chi connectivity index (χ0v) is 20.6. The van der Waals surface area contributed by atoms with Crippen molar-refractivity contribution in [2.24, 2.45) is 0 Å². The first-order valence-electron chi connectivity index (χ1n) is 11.2. The zero-order valence-electron chi connectivity index (χ0n) is 19.0. The van der Waals surface area contributed by atoms with Crippen LogP contribution in [0.25, 0.3) is 44.1 Å². The van der Waals surface area contributed by atoms with E-state index in [1.54, 1.807) is 67.6 Å². The topological polar surface area (TPSA) is 25.8 Å². The number of halogens is 7. The van der Waals surface area contributed by atoms with Crippen molar-refractivity contribution in [3.8, 4) is 22.3 Å². The third-order valence-corrected chi connectivity index (χ3v) is 7.39. The number of alkyl halides is 6. The fourth-order valence-electron chi connectivity index (χ4n) is 5.00. The van der Waals surface area contributed by atoms with Crippen LogP contribution in [0.1, 0.15) is 16.8 Å². The van der Waals surface area contributed by atoms with Crippen molar-refractivity contribution in [1.29, 1.82) is 0 Å². The molecular formula is C28H15BrF6N2. The number of benzene rings is 3. The Bertz CT molecular complexity index is 1590. The third-order valence-electron chi connectivity index (χ3n) is 6.79. The lowest BCUT2D eigenvalue weighted by Gasteiger charge is -2.23. The molecule has 0 atom stereocenters. The number of hydrogen-bond donors (Lipinski definition) is 0. The Morgan fingerprint density at radius 1 is 0.622 bits per heavy atom. The van der Waals surface area contributed by atoms with Gasteiger partial charge in [0, 0.05) is 38.7 Å². The van der Waals surface area contributed by atoms with Crippen LogP contribution < -0.4 is 0 Å². The summed E-state index contributed by atoms with van der Waals surface area (Å²) in [5.74, 6) is -16.0. The SMILES string of the molecule is Cc1nc2c(cc1-c1ccccc1)c1c(c3cc(-c4ccccc4)c(Br)nc32)C(F)(F)C(F)(F)C1(F)F. The molecule has 37 heavy (non-hydrogen) atoms. The Hall–Kier alpha value is -3.46. The molecule has 0 spiro atoms. The summed E-state index contributed by atoms with van der Waals surface area (Å²) in [7, 11) is 0. The number of aromatic nitrogens is 2. The normalized spacial score (nSPS) is 17.3. The van der Waals surface area contributed by atoms with Crippen molar-refractivity contribution >= 4 is 37.7 Å². The van der Waals surface area contributed by atoms with Gasteiger partial charge in [-0.1, -0.05) is 60.7 Å². The fourth-order valence-corrected chi connectivity index (χ4v) is 5.52. The summed E-state index contributed by atoms with van der Waals surface area (Å²) >= 11 is 3.34. The van der Waals surface area contributed by atoms with Gasteiger partial charge < -0.3 is 0 Å². The molecule has 6 rings (SSSR count). The minimum Gasteiger partial charge on any atom is -0.250 e. The molecule has 2 aromatic heterocycles. The van der Waals surface area contributed by atoms with E-state index in [-0.39, 0.29) is 15.6 Å².